The molecule has 144 valence electrons. The van der Waals surface area contributed by atoms with Crippen LogP contribution in [0.15, 0.2) is 43.0 Å². The molecule has 0 saturated carbocycles. The van der Waals surface area contributed by atoms with E-state index >= 15 is 0 Å². The summed E-state index contributed by atoms with van der Waals surface area (Å²) < 4.78 is 15.2. The van der Waals surface area contributed by atoms with Crippen molar-refractivity contribution >= 4 is 11.8 Å². The van der Waals surface area contributed by atoms with Crippen molar-refractivity contribution in [2.75, 3.05) is 19.6 Å². The summed E-state index contributed by atoms with van der Waals surface area (Å²) in [6.45, 7) is 2.35. The summed E-state index contributed by atoms with van der Waals surface area (Å²) in [5, 5.41) is 2.97. The Balaban J connectivity index is 1.42. The van der Waals surface area contributed by atoms with Gasteiger partial charge in [-0.2, -0.15) is 0 Å². The normalized spacial score (nSPS) is 17.1. The number of halogens is 1. The smallest absolute Gasteiger partial charge is 0.224 e. The van der Waals surface area contributed by atoms with Crippen molar-refractivity contribution < 1.29 is 14.0 Å². The first-order valence-electron chi connectivity index (χ1n) is 9.37. The topological polar surface area (TPSA) is 67.2 Å². The van der Waals surface area contributed by atoms with Gasteiger partial charge < -0.3 is 14.8 Å². The standard InChI is InChI=1S/C20H25FN4O2/c21-18-4-1-3-16(13-18)7-11-25-14-17(5-6-19(25)26)20(27)23-8-2-10-24-12-9-22-15-24/h1,3-4,9,12-13,15,17H,2,5-8,10-11,14H2,(H,23,27). The molecule has 0 bridgehead atoms. The van der Waals surface area contributed by atoms with Crippen LogP contribution in [0.2, 0.25) is 0 Å². The van der Waals surface area contributed by atoms with E-state index in [1.165, 1.54) is 12.1 Å². The Morgan fingerprint density at radius 3 is 3.00 bits per heavy atom. The lowest BCUT2D eigenvalue weighted by Gasteiger charge is -2.32. The van der Waals surface area contributed by atoms with Crippen LogP contribution in [0.4, 0.5) is 4.39 Å². The number of piperidine rings is 1. The zero-order valence-electron chi connectivity index (χ0n) is 15.3. The fourth-order valence-electron chi connectivity index (χ4n) is 3.34. The van der Waals surface area contributed by atoms with Gasteiger partial charge in [-0.1, -0.05) is 12.1 Å². The minimum Gasteiger partial charge on any atom is -0.356 e. The first-order valence-corrected chi connectivity index (χ1v) is 9.37. The molecule has 1 aliphatic heterocycles. The quantitative estimate of drug-likeness (QED) is 0.721. The van der Waals surface area contributed by atoms with E-state index in [-0.39, 0.29) is 23.5 Å². The molecule has 2 amide bonds. The largest absolute Gasteiger partial charge is 0.356 e. The maximum Gasteiger partial charge on any atom is 0.224 e. The van der Waals surface area contributed by atoms with E-state index in [1.807, 2.05) is 16.8 Å². The summed E-state index contributed by atoms with van der Waals surface area (Å²) in [6, 6.07) is 6.41. The Labute approximate surface area is 158 Å². The number of aryl methyl sites for hydroxylation is 1. The van der Waals surface area contributed by atoms with Crippen molar-refractivity contribution in [2.45, 2.75) is 32.2 Å². The highest BCUT2D eigenvalue weighted by molar-refractivity contribution is 5.83. The molecule has 1 fully saturated rings. The number of hydrogen-bond acceptors (Lipinski definition) is 3. The molecule has 0 radical (unpaired) electrons. The van der Waals surface area contributed by atoms with Gasteiger partial charge in [0.05, 0.1) is 12.2 Å². The summed E-state index contributed by atoms with van der Waals surface area (Å²) in [5.74, 6) is -0.381. The number of benzene rings is 1. The summed E-state index contributed by atoms with van der Waals surface area (Å²) >= 11 is 0. The summed E-state index contributed by atoms with van der Waals surface area (Å²) in [6.07, 6.45) is 7.77. The average Bonchev–Trinajstić information content (AvgIpc) is 3.18. The lowest BCUT2D eigenvalue weighted by molar-refractivity contribution is -0.138. The highest BCUT2D eigenvalue weighted by Gasteiger charge is 2.29. The van der Waals surface area contributed by atoms with Gasteiger partial charge >= 0.3 is 0 Å². The zero-order valence-corrected chi connectivity index (χ0v) is 15.3. The summed E-state index contributed by atoms with van der Waals surface area (Å²) in [5.41, 5.74) is 0.855. The van der Waals surface area contributed by atoms with Gasteiger partial charge in [0.2, 0.25) is 11.8 Å². The minimum absolute atomic E-state index is 0.00360. The van der Waals surface area contributed by atoms with Gasteiger partial charge in [-0.3, -0.25) is 9.59 Å². The third-order valence-corrected chi connectivity index (χ3v) is 4.88. The number of nitrogens with one attached hydrogen (secondary N) is 1. The Morgan fingerprint density at radius 2 is 2.22 bits per heavy atom. The molecule has 1 saturated heterocycles. The lowest BCUT2D eigenvalue weighted by atomic mass is 9.96. The van der Waals surface area contributed by atoms with Crippen LogP contribution in [0.5, 0.6) is 0 Å². The van der Waals surface area contributed by atoms with Gasteiger partial charge in [0.25, 0.3) is 0 Å². The zero-order chi connectivity index (χ0) is 19.1. The molecular weight excluding hydrogens is 347 g/mol. The van der Waals surface area contributed by atoms with Crippen LogP contribution < -0.4 is 5.32 Å². The Bertz CT molecular complexity index is 763. The molecule has 1 aromatic heterocycles. The van der Waals surface area contributed by atoms with E-state index in [1.54, 1.807) is 23.5 Å². The molecule has 0 spiro atoms. The number of amides is 2. The van der Waals surface area contributed by atoms with Crippen LogP contribution in [0.3, 0.4) is 0 Å². The molecule has 1 atom stereocenters. The Morgan fingerprint density at radius 1 is 1.33 bits per heavy atom. The van der Waals surface area contributed by atoms with Crippen LogP contribution in [-0.2, 0) is 22.6 Å². The van der Waals surface area contributed by atoms with Crippen LogP contribution in [0.25, 0.3) is 0 Å². The SMILES string of the molecule is O=C(NCCCn1ccnc1)C1CCC(=O)N(CCc2cccc(F)c2)C1. The number of aromatic nitrogens is 2. The van der Waals surface area contributed by atoms with E-state index in [0.29, 0.717) is 38.9 Å². The van der Waals surface area contributed by atoms with E-state index in [2.05, 4.69) is 10.3 Å². The number of rotatable bonds is 8. The highest BCUT2D eigenvalue weighted by atomic mass is 19.1. The van der Waals surface area contributed by atoms with Crippen molar-refractivity contribution in [1.82, 2.24) is 19.8 Å². The molecule has 1 aromatic carbocycles. The van der Waals surface area contributed by atoms with E-state index in [0.717, 1.165) is 18.5 Å². The molecule has 6 nitrogen and oxygen atoms in total. The van der Waals surface area contributed by atoms with Gasteiger partial charge in [-0.25, -0.2) is 9.37 Å². The van der Waals surface area contributed by atoms with Gasteiger partial charge in [0.1, 0.15) is 5.82 Å². The number of carbonyl (C=O) groups excluding carboxylic acids is 2. The summed E-state index contributed by atoms with van der Waals surface area (Å²) in [4.78, 5) is 30.3. The number of imidazole rings is 1. The van der Waals surface area contributed by atoms with E-state index < -0.39 is 0 Å². The van der Waals surface area contributed by atoms with Gasteiger partial charge in [-0.15, -0.1) is 0 Å². The maximum atomic E-state index is 13.3. The summed E-state index contributed by atoms with van der Waals surface area (Å²) in [7, 11) is 0. The molecule has 2 aromatic rings. The molecular formula is C20H25FN4O2. The molecule has 1 N–H and O–H groups in total. The van der Waals surface area contributed by atoms with Crippen LogP contribution in [0.1, 0.15) is 24.8 Å². The number of hydrogen-bond donors (Lipinski definition) is 1. The van der Waals surface area contributed by atoms with Crippen molar-refractivity contribution in [3.8, 4) is 0 Å². The highest BCUT2D eigenvalue weighted by Crippen LogP contribution is 2.18. The van der Waals surface area contributed by atoms with Gasteiger partial charge in [-0.05, 0) is 37.0 Å². The van der Waals surface area contributed by atoms with E-state index in [9.17, 15) is 14.0 Å². The molecule has 1 aliphatic rings. The van der Waals surface area contributed by atoms with Crippen LogP contribution >= 0.6 is 0 Å². The predicted molar refractivity (Wildman–Crippen MR) is 99.3 cm³/mol. The Hall–Kier alpha value is -2.70. The van der Waals surface area contributed by atoms with Crippen molar-refractivity contribution in [3.63, 3.8) is 0 Å². The predicted octanol–water partition coefficient (Wildman–Crippen LogP) is 2.01. The average molecular weight is 372 g/mol. The monoisotopic (exact) mass is 372 g/mol. The number of carbonyl (C=O) groups is 2. The molecule has 3 rings (SSSR count). The van der Waals surface area contributed by atoms with Crippen LogP contribution in [0, 0.1) is 11.7 Å². The molecule has 2 heterocycles. The minimum atomic E-state index is -0.273. The molecule has 27 heavy (non-hydrogen) atoms. The molecule has 1 unspecified atom stereocenters. The number of likely N-dealkylation sites (tertiary alicyclic amines) is 1. The third-order valence-electron chi connectivity index (χ3n) is 4.88. The first-order chi connectivity index (χ1) is 13.1. The lowest BCUT2D eigenvalue weighted by Crippen LogP contribution is -2.46. The van der Waals surface area contributed by atoms with Crippen LogP contribution in [-0.4, -0.2) is 45.9 Å². The second kappa shape index (κ2) is 9.30. The van der Waals surface area contributed by atoms with Crippen molar-refractivity contribution in [3.05, 3.63) is 54.4 Å². The van der Waals surface area contributed by atoms with Gasteiger partial charge in [0.15, 0.2) is 0 Å². The fourth-order valence-corrected chi connectivity index (χ4v) is 3.34. The first kappa shape index (κ1) is 19.1. The Kier molecular flexibility index (Phi) is 6.57. The van der Waals surface area contributed by atoms with Crippen molar-refractivity contribution in [2.24, 2.45) is 5.92 Å². The van der Waals surface area contributed by atoms with Gasteiger partial charge in [0, 0.05) is 45.0 Å². The van der Waals surface area contributed by atoms with Crippen molar-refractivity contribution in [1.29, 1.82) is 0 Å². The second-order valence-electron chi connectivity index (χ2n) is 6.90. The molecule has 0 aliphatic carbocycles. The number of nitrogens with zero attached hydrogens (tertiary/aromatic N) is 3. The maximum absolute atomic E-state index is 13.3. The fraction of sp³-hybridized carbons (Fsp3) is 0.450. The third kappa shape index (κ3) is 5.64. The second-order valence-corrected chi connectivity index (χ2v) is 6.90. The molecule has 7 heteroatoms. The van der Waals surface area contributed by atoms with E-state index in [4.69, 9.17) is 0 Å².